The summed E-state index contributed by atoms with van der Waals surface area (Å²) in [6, 6.07) is 5.58. The number of fused-ring (bicyclic) bond motifs is 1. The van der Waals surface area contributed by atoms with Crippen molar-refractivity contribution in [1.29, 1.82) is 0 Å². The van der Waals surface area contributed by atoms with Gasteiger partial charge >= 0.3 is 5.97 Å². The van der Waals surface area contributed by atoms with Crippen molar-refractivity contribution in [2.45, 2.75) is 13.3 Å². The molecule has 0 saturated heterocycles. The molecule has 1 aromatic rings. The molecule has 7 heteroatoms. The number of nitrogens with zero attached hydrogens (tertiary/aromatic N) is 3. The van der Waals surface area contributed by atoms with Gasteiger partial charge in [0.05, 0.1) is 12.3 Å². The van der Waals surface area contributed by atoms with Crippen molar-refractivity contribution in [3.8, 4) is 0 Å². The number of hydrogen-bond donors (Lipinski definition) is 1. The zero-order chi connectivity index (χ0) is 14.5. The fourth-order valence-electron chi connectivity index (χ4n) is 1.80. The van der Waals surface area contributed by atoms with E-state index in [4.69, 9.17) is 10.6 Å². The number of esters is 1. The van der Waals surface area contributed by atoms with Crippen LogP contribution in [0.2, 0.25) is 0 Å². The number of benzene rings is 1. The number of carbonyl (C=O) groups excluding carboxylic acids is 1. The Morgan fingerprint density at radius 2 is 2.35 bits per heavy atom. The highest BCUT2D eigenvalue weighted by atomic mass is 79.9. The molecule has 20 heavy (non-hydrogen) atoms. The molecule has 0 saturated carbocycles. The SMILES string of the molecule is CCOC(=O)C1=Cc2ccc(Br)cc2N=C(N=NN)C1. The van der Waals surface area contributed by atoms with E-state index in [1.807, 2.05) is 18.2 Å². The fourth-order valence-corrected chi connectivity index (χ4v) is 2.15. The molecule has 6 nitrogen and oxygen atoms in total. The Balaban J connectivity index is 2.50. The van der Waals surface area contributed by atoms with E-state index in [1.54, 1.807) is 13.0 Å². The Bertz CT molecular complexity index is 623. The van der Waals surface area contributed by atoms with E-state index in [0.717, 1.165) is 10.0 Å². The lowest BCUT2D eigenvalue weighted by molar-refractivity contribution is -0.138. The van der Waals surface area contributed by atoms with Gasteiger partial charge in [-0.05, 0) is 25.1 Å². The summed E-state index contributed by atoms with van der Waals surface area (Å²) in [4.78, 5) is 16.3. The van der Waals surface area contributed by atoms with Gasteiger partial charge in [-0.3, -0.25) is 0 Å². The molecule has 1 aliphatic heterocycles. The van der Waals surface area contributed by atoms with Gasteiger partial charge in [0.15, 0.2) is 5.84 Å². The van der Waals surface area contributed by atoms with Crippen LogP contribution in [0.25, 0.3) is 6.08 Å². The molecule has 0 amide bonds. The molecular formula is C13H13BrN4O2. The molecule has 0 aliphatic carbocycles. The van der Waals surface area contributed by atoms with Crippen molar-refractivity contribution in [2.24, 2.45) is 21.2 Å². The van der Waals surface area contributed by atoms with Gasteiger partial charge in [0.25, 0.3) is 0 Å². The first kappa shape index (κ1) is 14.4. The first-order valence-electron chi connectivity index (χ1n) is 5.99. The summed E-state index contributed by atoms with van der Waals surface area (Å²) in [5.74, 6) is 5.05. The molecule has 0 atom stereocenters. The molecular weight excluding hydrogens is 324 g/mol. The average molecular weight is 337 g/mol. The molecule has 0 bridgehead atoms. The van der Waals surface area contributed by atoms with Crippen molar-refractivity contribution in [1.82, 2.24) is 0 Å². The van der Waals surface area contributed by atoms with Crippen LogP contribution >= 0.6 is 15.9 Å². The molecule has 0 radical (unpaired) electrons. The van der Waals surface area contributed by atoms with E-state index in [2.05, 4.69) is 31.3 Å². The van der Waals surface area contributed by atoms with Crippen LogP contribution in [0, 0.1) is 0 Å². The minimum Gasteiger partial charge on any atom is -0.463 e. The van der Waals surface area contributed by atoms with Gasteiger partial charge in [0.2, 0.25) is 0 Å². The first-order chi connectivity index (χ1) is 9.63. The van der Waals surface area contributed by atoms with E-state index in [9.17, 15) is 4.79 Å². The highest BCUT2D eigenvalue weighted by Crippen LogP contribution is 2.30. The number of amidine groups is 1. The largest absolute Gasteiger partial charge is 0.463 e. The third-order valence-electron chi connectivity index (χ3n) is 2.63. The maximum atomic E-state index is 11.9. The average Bonchev–Trinajstić information content (AvgIpc) is 2.58. The van der Waals surface area contributed by atoms with Crippen molar-refractivity contribution >= 4 is 39.5 Å². The van der Waals surface area contributed by atoms with Gasteiger partial charge in [0.1, 0.15) is 0 Å². The van der Waals surface area contributed by atoms with Gasteiger partial charge in [-0.1, -0.05) is 27.2 Å². The Morgan fingerprint density at radius 1 is 1.55 bits per heavy atom. The summed E-state index contributed by atoms with van der Waals surface area (Å²) in [6.45, 7) is 2.07. The van der Waals surface area contributed by atoms with E-state index < -0.39 is 0 Å². The van der Waals surface area contributed by atoms with Gasteiger partial charge in [-0.25, -0.2) is 9.79 Å². The lowest BCUT2D eigenvalue weighted by Gasteiger charge is -2.04. The lowest BCUT2D eigenvalue weighted by atomic mass is 10.1. The second-order valence-corrected chi connectivity index (χ2v) is 4.93. The first-order valence-corrected chi connectivity index (χ1v) is 6.79. The van der Waals surface area contributed by atoms with Crippen molar-refractivity contribution < 1.29 is 9.53 Å². The third kappa shape index (κ3) is 3.30. The van der Waals surface area contributed by atoms with E-state index in [1.165, 1.54) is 0 Å². The van der Waals surface area contributed by atoms with E-state index >= 15 is 0 Å². The van der Waals surface area contributed by atoms with Crippen LogP contribution in [-0.2, 0) is 9.53 Å². The second kappa shape index (κ2) is 6.42. The monoisotopic (exact) mass is 336 g/mol. The molecule has 2 rings (SSSR count). The number of aliphatic imine (C=N–C) groups is 1. The van der Waals surface area contributed by atoms with Crippen LogP contribution in [0.4, 0.5) is 5.69 Å². The summed E-state index contributed by atoms with van der Waals surface area (Å²) in [6.07, 6.45) is 1.98. The van der Waals surface area contributed by atoms with E-state index in [0.29, 0.717) is 23.7 Å². The van der Waals surface area contributed by atoms with Crippen LogP contribution in [0.15, 0.2) is 43.6 Å². The zero-order valence-corrected chi connectivity index (χ0v) is 12.4. The number of carbonyl (C=O) groups is 1. The third-order valence-corrected chi connectivity index (χ3v) is 3.12. The smallest absolute Gasteiger partial charge is 0.334 e. The molecule has 0 unspecified atom stereocenters. The summed E-state index contributed by atoms with van der Waals surface area (Å²) in [7, 11) is 0. The Labute approximate surface area is 124 Å². The number of ether oxygens (including phenoxy) is 1. The van der Waals surface area contributed by atoms with E-state index in [-0.39, 0.29) is 12.4 Å². The number of nitrogens with two attached hydrogens (primary N) is 1. The molecule has 1 heterocycles. The molecule has 0 aromatic heterocycles. The standard InChI is InChI=1S/C13H13BrN4O2/c1-2-20-13(19)9-5-8-3-4-10(14)7-11(8)16-12(6-9)17-18-15/h3-5,7H,2,6H2,1H3,(H2,15,16,17). The molecule has 0 spiro atoms. The van der Waals surface area contributed by atoms with Gasteiger partial charge in [-0.2, -0.15) is 0 Å². The summed E-state index contributed by atoms with van der Waals surface area (Å²) in [5.41, 5.74) is 1.98. The molecule has 2 N–H and O–H groups in total. The lowest BCUT2D eigenvalue weighted by Crippen LogP contribution is -2.10. The minimum absolute atomic E-state index is 0.228. The molecule has 1 aliphatic rings. The maximum absolute atomic E-state index is 11.9. The molecule has 104 valence electrons. The van der Waals surface area contributed by atoms with Crippen molar-refractivity contribution in [3.63, 3.8) is 0 Å². The topological polar surface area (TPSA) is 89.4 Å². The van der Waals surface area contributed by atoms with Crippen LogP contribution in [0.3, 0.4) is 0 Å². The second-order valence-electron chi connectivity index (χ2n) is 4.01. The number of halogens is 1. The predicted octanol–water partition coefficient (Wildman–Crippen LogP) is 3.16. The van der Waals surface area contributed by atoms with Crippen molar-refractivity contribution in [3.05, 3.63) is 33.8 Å². The number of rotatable bonds is 2. The summed E-state index contributed by atoms with van der Waals surface area (Å²) >= 11 is 3.38. The molecule has 0 fully saturated rings. The predicted molar refractivity (Wildman–Crippen MR) is 79.5 cm³/mol. The Kier molecular flexibility index (Phi) is 4.62. The molecule has 1 aromatic carbocycles. The summed E-state index contributed by atoms with van der Waals surface area (Å²) in [5, 5.41) is 6.99. The highest BCUT2D eigenvalue weighted by molar-refractivity contribution is 9.10. The van der Waals surface area contributed by atoms with Crippen LogP contribution < -0.4 is 5.84 Å². The normalized spacial score (nSPS) is 14.3. The van der Waals surface area contributed by atoms with Crippen LogP contribution in [0.5, 0.6) is 0 Å². The quantitative estimate of drug-likeness (QED) is 0.389. The summed E-state index contributed by atoms with van der Waals surface area (Å²) < 4.78 is 5.91. The zero-order valence-electron chi connectivity index (χ0n) is 10.8. The maximum Gasteiger partial charge on any atom is 0.334 e. The Morgan fingerprint density at radius 3 is 3.05 bits per heavy atom. The van der Waals surface area contributed by atoms with Crippen molar-refractivity contribution in [2.75, 3.05) is 6.61 Å². The van der Waals surface area contributed by atoms with Gasteiger partial charge < -0.3 is 10.6 Å². The van der Waals surface area contributed by atoms with Gasteiger partial charge in [-0.15, -0.1) is 5.11 Å². The minimum atomic E-state index is -0.386. The van der Waals surface area contributed by atoms with Crippen LogP contribution in [0.1, 0.15) is 18.9 Å². The van der Waals surface area contributed by atoms with Gasteiger partial charge in [0, 0.05) is 22.0 Å². The van der Waals surface area contributed by atoms with Crippen LogP contribution in [-0.4, -0.2) is 18.4 Å². The fraction of sp³-hybridized carbons (Fsp3) is 0.231. The Hall–Kier alpha value is -2.02. The highest BCUT2D eigenvalue weighted by Gasteiger charge is 2.18. The number of hydrogen-bond acceptors (Lipinski definition) is 5.